The Hall–Kier alpha value is -1.00. The third-order valence-corrected chi connectivity index (χ3v) is 3.20. The number of fused-ring (bicyclic) bond motifs is 1. The zero-order chi connectivity index (χ0) is 10.8. The largest absolute Gasteiger partial charge is 0.330 e. The average Bonchev–Trinajstić information content (AvgIpc) is 2.23. The van der Waals surface area contributed by atoms with Crippen LogP contribution in [0, 0.1) is 6.92 Å². The van der Waals surface area contributed by atoms with Crippen LogP contribution in [0.1, 0.15) is 29.4 Å². The molecule has 4 nitrogen and oxygen atoms in total. The van der Waals surface area contributed by atoms with E-state index in [-0.39, 0.29) is 0 Å². The van der Waals surface area contributed by atoms with Crippen LogP contribution in [-0.2, 0) is 6.42 Å². The lowest BCUT2D eigenvalue weighted by atomic mass is 9.95. The normalized spacial score (nSPS) is 21.4. The lowest BCUT2D eigenvalue weighted by molar-refractivity contribution is 0.215. The molecule has 0 saturated carbocycles. The van der Waals surface area contributed by atoms with E-state index in [1.165, 1.54) is 11.3 Å². The van der Waals surface area contributed by atoms with Gasteiger partial charge in [0.15, 0.2) is 0 Å². The van der Waals surface area contributed by atoms with Gasteiger partial charge in [-0.25, -0.2) is 9.97 Å². The fraction of sp³-hybridized carbons (Fsp3) is 0.636. The van der Waals surface area contributed by atoms with E-state index in [4.69, 9.17) is 5.73 Å². The van der Waals surface area contributed by atoms with E-state index in [0.717, 1.165) is 25.1 Å². The molecule has 2 N–H and O–H groups in total. The van der Waals surface area contributed by atoms with Gasteiger partial charge in [0.25, 0.3) is 0 Å². The maximum atomic E-state index is 5.65. The molecule has 1 atom stereocenters. The predicted molar refractivity (Wildman–Crippen MR) is 59.5 cm³/mol. The van der Waals surface area contributed by atoms with Gasteiger partial charge in [0.05, 0.1) is 11.7 Å². The molecule has 0 bridgehead atoms. The second-order valence-corrected chi connectivity index (χ2v) is 4.15. The van der Waals surface area contributed by atoms with E-state index in [1.54, 1.807) is 6.33 Å². The van der Waals surface area contributed by atoms with Crippen molar-refractivity contribution in [2.75, 3.05) is 20.1 Å². The van der Waals surface area contributed by atoms with E-state index in [9.17, 15) is 0 Å². The second kappa shape index (κ2) is 4.24. The second-order valence-electron chi connectivity index (χ2n) is 4.15. The van der Waals surface area contributed by atoms with Gasteiger partial charge in [-0.15, -0.1) is 0 Å². The van der Waals surface area contributed by atoms with Gasteiger partial charge in [0, 0.05) is 12.2 Å². The fourth-order valence-corrected chi connectivity index (χ4v) is 2.28. The summed E-state index contributed by atoms with van der Waals surface area (Å²) in [5.74, 6) is 0. The molecule has 0 saturated heterocycles. The average molecular weight is 206 g/mol. The number of hydrogen-bond acceptors (Lipinski definition) is 4. The van der Waals surface area contributed by atoms with Crippen LogP contribution in [0.4, 0.5) is 0 Å². The first kappa shape index (κ1) is 10.5. The van der Waals surface area contributed by atoms with Gasteiger partial charge in [-0.3, -0.25) is 4.90 Å². The first-order chi connectivity index (χ1) is 7.24. The molecule has 0 radical (unpaired) electrons. The summed E-state index contributed by atoms with van der Waals surface area (Å²) in [6, 6.07) is 0.375. The third-order valence-electron chi connectivity index (χ3n) is 3.20. The monoisotopic (exact) mass is 206 g/mol. The molecule has 2 rings (SSSR count). The smallest absolute Gasteiger partial charge is 0.116 e. The highest BCUT2D eigenvalue weighted by Crippen LogP contribution is 2.29. The minimum Gasteiger partial charge on any atom is -0.330 e. The topological polar surface area (TPSA) is 55.0 Å². The molecular formula is C11H18N4. The molecule has 4 heteroatoms. The van der Waals surface area contributed by atoms with E-state index in [2.05, 4.69) is 28.8 Å². The van der Waals surface area contributed by atoms with Crippen LogP contribution in [-0.4, -0.2) is 35.0 Å². The van der Waals surface area contributed by atoms with Gasteiger partial charge in [-0.1, -0.05) is 0 Å². The molecule has 2 heterocycles. The maximum Gasteiger partial charge on any atom is 0.116 e. The SMILES string of the molecule is Cc1ncnc2c1CCN(C)C2CCN. The summed E-state index contributed by atoms with van der Waals surface area (Å²) >= 11 is 0. The summed E-state index contributed by atoms with van der Waals surface area (Å²) in [4.78, 5) is 11.0. The molecule has 1 aromatic rings. The molecule has 82 valence electrons. The first-order valence-corrected chi connectivity index (χ1v) is 5.44. The molecule has 0 amide bonds. The van der Waals surface area contributed by atoms with E-state index < -0.39 is 0 Å². The van der Waals surface area contributed by atoms with Crippen LogP contribution < -0.4 is 5.73 Å². The summed E-state index contributed by atoms with van der Waals surface area (Å²) in [6.07, 6.45) is 3.69. The number of nitrogens with zero attached hydrogens (tertiary/aromatic N) is 3. The highest BCUT2D eigenvalue weighted by molar-refractivity contribution is 5.29. The van der Waals surface area contributed by atoms with Gasteiger partial charge in [0.1, 0.15) is 6.33 Å². The van der Waals surface area contributed by atoms with Crippen LogP contribution in [0.3, 0.4) is 0 Å². The Kier molecular flexibility index (Phi) is 2.98. The molecular weight excluding hydrogens is 188 g/mol. The van der Waals surface area contributed by atoms with Crippen molar-refractivity contribution in [2.45, 2.75) is 25.8 Å². The third kappa shape index (κ3) is 1.87. The summed E-state index contributed by atoms with van der Waals surface area (Å²) in [5, 5.41) is 0. The molecule has 1 unspecified atom stereocenters. The number of nitrogens with two attached hydrogens (primary N) is 1. The van der Waals surface area contributed by atoms with Crippen LogP contribution in [0.5, 0.6) is 0 Å². The van der Waals surface area contributed by atoms with Gasteiger partial charge < -0.3 is 5.73 Å². The Balaban J connectivity index is 2.39. The molecule has 0 aliphatic carbocycles. The zero-order valence-electron chi connectivity index (χ0n) is 9.40. The first-order valence-electron chi connectivity index (χ1n) is 5.44. The van der Waals surface area contributed by atoms with Gasteiger partial charge in [-0.05, 0) is 38.9 Å². The zero-order valence-corrected chi connectivity index (χ0v) is 9.40. The van der Waals surface area contributed by atoms with Crippen molar-refractivity contribution in [3.63, 3.8) is 0 Å². The number of likely N-dealkylation sites (N-methyl/N-ethyl adjacent to an activating group) is 1. The molecule has 1 aliphatic heterocycles. The highest BCUT2D eigenvalue weighted by Gasteiger charge is 2.26. The quantitative estimate of drug-likeness (QED) is 0.772. The number of aryl methyl sites for hydroxylation is 1. The van der Waals surface area contributed by atoms with Crippen molar-refractivity contribution in [3.8, 4) is 0 Å². The standard InChI is InChI=1S/C11H18N4/c1-8-9-4-6-15(2)10(3-5-12)11(9)14-7-13-8/h7,10H,3-6,12H2,1-2H3. The molecule has 15 heavy (non-hydrogen) atoms. The van der Waals surface area contributed by atoms with Crippen LogP contribution in [0.25, 0.3) is 0 Å². The summed E-state index contributed by atoms with van der Waals surface area (Å²) in [6.45, 7) is 3.84. The lowest BCUT2D eigenvalue weighted by Gasteiger charge is -2.33. The minimum atomic E-state index is 0.375. The summed E-state index contributed by atoms with van der Waals surface area (Å²) < 4.78 is 0. The number of aromatic nitrogens is 2. The predicted octanol–water partition coefficient (Wildman–Crippen LogP) is 0.663. The maximum absolute atomic E-state index is 5.65. The molecule has 1 aliphatic rings. The number of hydrogen-bond donors (Lipinski definition) is 1. The van der Waals surface area contributed by atoms with E-state index in [1.807, 2.05) is 0 Å². The molecule has 0 aromatic carbocycles. The summed E-state index contributed by atoms with van der Waals surface area (Å²) in [5.41, 5.74) is 9.28. The van der Waals surface area contributed by atoms with Crippen molar-refractivity contribution in [3.05, 3.63) is 23.3 Å². The molecule has 1 aromatic heterocycles. The van der Waals surface area contributed by atoms with Crippen LogP contribution in [0.15, 0.2) is 6.33 Å². The Morgan fingerprint density at radius 3 is 3.07 bits per heavy atom. The van der Waals surface area contributed by atoms with Crippen molar-refractivity contribution in [1.82, 2.24) is 14.9 Å². The molecule has 0 spiro atoms. The van der Waals surface area contributed by atoms with Crippen molar-refractivity contribution >= 4 is 0 Å². The summed E-state index contributed by atoms with van der Waals surface area (Å²) in [7, 11) is 2.14. The van der Waals surface area contributed by atoms with Crippen molar-refractivity contribution in [2.24, 2.45) is 5.73 Å². The van der Waals surface area contributed by atoms with Crippen molar-refractivity contribution in [1.29, 1.82) is 0 Å². The fourth-order valence-electron chi connectivity index (χ4n) is 2.28. The Bertz CT molecular complexity index is 350. The number of rotatable bonds is 2. The van der Waals surface area contributed by atoms with Crippen molar-refractivity contribution < 1.29 is 0 Å². The Morgan fingerprint density at radius 2 is 2.33 bits per heavy atom. The Labute approximate surface area is 90.5 Å². The van der Waals surface area contributed by atoms with Gasteiger partial charge in [0.2, 0.25) is 0 Å². The van der Waals surface area contributed by atoms with E-state index >= 15 is 0 Å². The highest BCUT2D eigenvalue weighted by atomic mass is 15.1. The lowest BCUT2D eigenvalue weighted by Crippen LogP contribution is -2.34. The minimum absolute atomic E-state index is 0.375. The van der Waals surface area contributed by atoms with Crippen LogP contribution in [0.2, 0.25) is 0 Å². The van der Waals surface area contributed by atoms with Gasteiger partial charge in [-0.2, -0.15) is 0 Å². The van der Waals surface area contributed by atoms with E-state index in [0.29, 0.717) is 12.6 Å². The Morgan fingerprint density at radius 1 is 1.53 bits per heavy atom. The van der Waals surface area contributed by atoms with Crippen LogP contribution >= 0.6 is 0 Å². The van der Waals surface area contributed by atoms with Gasteiger partial charge >= 0.3 is 0 Å². The molecule has 0 fully saturated rings.